The second-order valence-electron chi connectivity index (χ2n) is 8.85. The molecule has 0 radical (unpaired) electrons. The predicted octanol–water partition coefficient (Wildman–Crippen LogP) is 4.25. The van der Waals surface area contributed by atoms with E-state index in [1.165, 1.54) is 12.2 Å². The van der Waals surface area contributed by atoms with Crippen molar-refractivity contribution >= 4 is 18.2 Å². The zero-order valence-corrected chi connectivity index (χ0v) is 17.8. The Morgan fingerprint density at radius 3 is 2.17 bits per heavy atom. The second-order valence-corrected chi connectivity index (χ2v) is 8.85. The quantitative estimate of drug-likeness (QED) is 0.425. The first kappa shape index (κ1) is 22.5. The van der Waals surface area contributed by atoms with Gasteiger partial charge in [0.1, 0.15) is 17.3 Å². The maximum absolute atomic E-state index is 12.6. The number of esters is 1. The predicted molar refractivity (Wildman–Crippen MR) is 107 cm³/mol. The first-order chi connectivity index (χ1) is 13.4. The molecule has 0 unspecified atom stereocenters. The summed E-state index contributed by atoms with van der Waals surface area (Å²) < 4.78 is 16.0. The van der Waals surface area contributed by atoms with Gasteiger partial charge in [-0.2, -0.15) is 0 Å². The molecule has 0 N–H and O–H groups in total. The second kappa shape index (κ2) is 8.68. The summed E-state index contributed by atoms with van der Waals surface area (Å²) in [6, 6.07) is 8.76. The lowest BCUT2D eigenvalue weighted by Gasteiger charge is -2.26. The number of carbonyl (C=O) groups excluding carboxylic acids is 3. The zero-order valence-electron chi connectivity index (χ0n) is 17.8. The molecule has 2 atom stereocenters. The molecular weight excluding hydrogens is 374 g/mol. The number of hydrogen-bond acceptors (Lipinski definition) is 6. The van der Waals surface area contributed by atoms with Crippen molar-refractivity contribution in [3.05, 3.63) is 48.0 Å². The monoisotopic (exact) mass is 403 g/mol. The topological polar surface area (TPSA) is 82.1 Å². The SMILES string of the molecule is CC(C)(C)OC(=O)/C=C/[C@H]1OC(=O)N(C(=O)OC(C)(C)C)[C@H]1Cc1ccccc1. The van der Waals surface area contributed by atoms with Crippen molar-refractivity contribution in [2.75, 3.05) is 0 Å². The number of carbonyl (C=O) groups is 3. The van der Waals surface area contributed by atoms with E-state index in [1.54, 1.807) is 41.5 Å². The molecule has 0 spiro atoms. The highest BCUT2D eigenvalue weighted by Crippen LogP contribution is 2.26. The summed E-state index contributed by atoms with van der Waals surface area (Å²) in [6.45, 7) is 10.4. The van der Waals surface area contributed by atoms with E-state index in [0.29, 0.717) is 6.42 Å². The summed E-state index contributed by atoms with van der Waals surface area (Å²) in [5.41, 5.74) is -0.487. The number of cyclic esters (lactones) is 1. The van der Waals surface area contributed by atoms with Crippen LogP contribution in [0.25, 0.3) is 0 Å². The number of hydrogen-bond donors (Lipinski definition) is 0. The van der Waals surface area contributed by atoms with Gasteiger partial charge in [-0.3, -0.25) is 0 Å². The maximum atomic E-state index is 12.6. The van der Waals surface area contributed by atoms with Gasteiger partial charge in [-0.15, -0.1) is 0 Å². The highest BCUT2D eigenvalue weighted by Gasteiger charge is 2.46. The minimum absolute atomic E-state index is 0.356. The first-order valence-electron chi connectivity index (χ1n) is 9.54. The minimum Gasteiger partial charge on any atom is -0.457 e. The summed E-state index contributed by atoms with van der Waals surface area (Å²) in [7, 11) is 0. The van der Waals surface area contributed by atoms with E-state index in [-0.39, 0.29) is 0 Å². The van der Waals surface area contributed by atoms with E-state index in [1.807, 2.05) is 30.3 Å². The molecule has 2 rings (SSSR count). The minimum atomic E-state index is -0.806. The fourth-order valence-electron chi connectivity index (χ4n) is 2.79. The molecule has 1 heterocycles. The lowest BCUT2D eigenvalue weighted by atomic mass is 10.0. The van der Waals surface area contributed by atoms with Crippen LogP contribution in [0.5, 0.6) is 0 Å². The molecule has 0 aliphatic carbocycles. The highest BCUT2D eigenvalue weighted by atomic mass is 16.6. The van der Waals surface area contributed by atoms with Crippen molar-refractivity contribution in [1.82, 2.24) is 4.90 Å². The molecule has 7 heteroatoms. The molecule has 7 nitrogen and oxygen atoms in total. The molecule has 1 saturated heterocycles. The maximum Gasteiger partial charge on any atom is 0.420 e. The lowest BCUT2D eigenvalue weighted by Crippen LogP contribution is -2.44. The molecule has 1 aromatic rings. The molecule has 29 heavy (non-hydrogen) atoms. The Bertz CT molecular complexity index is 773. The molecule has 1 aliphatic heterocycles. The van der Waals surface area contributed by atoms with Gasteiger partial charge in [0, 0.05) is 6.08 Å². The Kier molecular flexibility index (Phi) is 6.72. The van der Waals surface area contributed by atoms with Crippen LogP contribution < -0.4 is 0 Å². The number of benzene rings is 1. The van der Waals surface area contributed by atoms with Gasteiger partial charge in [-0.25, -0.2) is 19.3 Å². The normalized spacial score (nSPS) is 19.9. The highest BCUT2D eigenvalue weighted by molar-refractivity contribution is 5.90. The Labute approximate surface area is 171 Å². The molecule has 1 fully saturated rings. The lowest BCUT2D eigenvalue weighted by molar-refractivity contribution is -0.148. The van der Waals surface area contributed by atoms with Gasteiger partial charge in [0.15, 0.2) is 0 Å². The van der Waals surface area contributed by atoms with Crippen LogP contribution in [-0.2, 0) is 25.4 Å². The number of ether oxygens (including phenoxy) is 3. The molecule has 0 aromatic heterocycles. The van der Waals surface area contributed by atoms with Crippen molar-refractivity contribution in [1.29, 1.82) is 0 Å². The van der Waals surface area contributed by atoms with Gasteiger partial charge in [0.2, 0.25) is 0 Å². The van der Waals surface area contributed by atoms with Gasteiger partial charge >= 0.3 is 18.2 Å². The van der Waals surface area contributed by atoms with Crippen LogP contribution in [0.4, 0.5) is 9.59 Å². The Morgan fingerprint density at radius 1 is 1.03 bits per heavy atom. The van der Waals surface area contributed by atoms with Gasteiger partial charge in [0.05, 0.1) is 6.04 Å². The van der Waals surface area contributed by atoms with E-state index in [2.05, 4.69) is 0 Å². The average Bonchev–Trinajstić information content (AvgIpc) is 2.86. The molecular formula is C22H29NO6. The van der Waals surface area contributed by atoms with E-state index in [9.17, 15) is 14.4 Å². The molecule has 158 valence electrons. The molecule has 0 bridgehead atoms. The van der Waals surface area contributed by atoms with E-state index in [4.69, 9.17) is 14.2 Å². The van der Waals surface area contributed by atoms with Crippen molar-refractivity contribution in [2.45, 2.75) is 71.3 Å². The van der Waals surface area contributed by atoms with Crippen LogP contribution in [0.15, 0.2) is 42.5 Å². The fraction of sp³-hybridized carbons (Fsp3) is 0.500. The summed E-state index contributed by atoms with van der Waals surface area (Å²) in [5.74, 6) is -0.553. The molecule has 1 aliphatic rings. The fourth-order valence-corrected chi connectivity index (χ4v) is 2.79. The first-order valence-corrected chi connectivity index (χ1v) is 9.54. The number of imide groups is 1. The Hall–Kier alpha value is -2.83. The molecule has 2 amide bonds. The van der Waals surface area contributed by atoms with Crippen molar-refractivity contribution in [3.8, 4) is 0 Å². The van der Waals surface area contributed by atoms with Crippen LogP contribution in [0, 0.1) is 0 Å². The third kappa shape index (κ3) is 6.93. The van der Waals surface area contributed by atoms with Crippen LogP contribution >= 0.6 is 0 Å². The van der Waals surface area contributed by atoms with Crippen LogP contribution in [0.2, 0.25) is 0 Å². The zero-order chi connectivity index (χ0) is 21.8. The van der Waals surface area contributed by atoms with Crippen molar-refractivity contribution < 1.29 is 28.6 Å². The van der Waals surface area contributed by atoms with Crippen LogP contribution in [-0.4, -0.2) is 46.4 Å². The largest absolute Gasteiger partial charge is 0.457 e. The van der Waals surface area contributed by atoms with E-state index >= 15 is 0 Å². The number of amides is 2. The number of rotatable bonds is 4. The summed E-state index contributed by atoms with van der Waals surface area (Å²) >= 11 is 0. The van der Waals surface area contributed by atoms with Gasteiger partial charge in [-0.1, -0.05) is 30.3 Å². The smallest absolute Gasteiger partial charge is 0.420 e. The molecule has 1 aromatic carbocycles. The van der Waals surface area contributed by atoms with Crippen molar-refractivity contribution in [3.63, 3.8) is 0 Å². The van der Waals surface area contributed by atoms with Crippen LogP contribution in [0.3, 0.4) is 0 Å². The third-order valence-corrected chi connectivity index (χ3v) is 3.85. The molecule has 0 saturated carbocycles. The average molecular weight is 403 g/mol. The summed E-state index contributed by atoms with van der Waals surface area (Å²) in [4.78, 5) is 38.1. The van der Waals surface area contributed by atoms with Crippen molar-refractivity contribution in [2.24, 2.45) is 0 Å². The Balaban J connectivity index is 2.26. The van der Waals surface area contributed by atoms with Gasteiger partial charge in [-0.05, 0) is 59.6 Å². The Morgan fingerprint density at radius 2 is 1.62 bits per heavy atom. The van der Waals surface area contributed by atoms with Gasteiger partial charge in [0.25, 0.3) is 0 Å². The standard InChI is InChI=1S/C22H29NO6/c1-21(2,3)28-18(24)13-12-17-16(14-15-10-8-7-9-11-15)23(19(25)27-17)20(26)29-22(4,5)6/h7-13,16-17H,14H2,1-6H3/b13-12+/t16-,17+/m0/s1. The van der Waals surface area contributed by atoms with E-state index in [0.717, 1.165) is 10.5 Å². The van der Waals surface area contributed by atoms with E-state index < -0.39 is 41.5 Å². The summed E-state index contributed by atoms with van der Waals surface area (Å²) in [6.07, 6.45) is 0.636. The van der Waals surface area contributed by atoms with Crippen LogP contribution in [0.1, 0.15) is 47.1 Å². The number of nitrogens with zero attached hydrogens (tertiary/aromatic N) is 1. The van der Waals surface area contributed by atoms with Gasteiger partial charge < -0.3 is 14.2 Å². The third-order valence-electron chi connectivity index (χ3n) is 3.85. The summed E-state index contributed by atoms with van der Waals surface area (Å²) in [5, 5.41) is 0.